The zero-order valence-corrected chi connectivity index (χ0v) is 24.1. The number of aliphatic hydroxyl groups is 1. The average molecular weight is 594 g/mol. The Labute approximate surface area is 250 Å². The quantitative estimate of drug-likeness (QED) is 0.0511. The largest absolute Gasteiger partial charge is 0.492 e. The van der Waals surface area contributed by atoms with Gasteiger partial charge in [-0.2, -0.15) is 5.48 Å². The summed E-state index contributed by atoms with van der Waals surface area (Å²) in [4.78, 5) is 22.9. The normalized spacial score (nSPS) is 14.0. The van der Waals surface area contributed by atoms with E-state index in [9.17, 15) is 15.0 Å². The Bertz CT molecular complexity index is 1300. The number of anilines is 2. The Balaban J connectivity index is 1.29. The molecule has 0 aromatic heterocycles. The maximum absolute atomic E-state index is 11.6. The number of nitrogens with zero attached hydrogens (tertiary/aromatic N) is 2. The zero-order valence-electron chi connectivity index (χ0n) is 24.1. The molecule has 4 rings (SSSR count). The molecular formula is C31H39N5O7. The summed E-state index contributed by atoms with van der Waals surface area (Å²) >= 11 is 0. The van der Waals surface area contributed by atoms with Gasteiger partial charge in [0.2, 0.25) is 6.29 Å². The van der Waals surface area contributed by atoms with Gasteiger partial charge < -0.3 is 40.8 Å². The number of carboxylic acids is 1. The first kappa shape index (κ1) is 31.6. The van der Waals surface area contributed by atoms with E-state index in [1.165, 1.54) is 0 Å². The van der Waals surface area contributed by atoms with Crippen molar-refractivity contribution in [3.63, 3.8) is 0 Å². The number of rotatable bonds is 17. The van der Waals surface area contributed by atoms with Gasteiger partial charge in [-0.05, 0) is 61.7 Å². The van der Waals surface area contributed by atoms with E-state index in [4.69, 9.17) is 30.5 Å². The Morgan fingerprint density at radius 1 is 1.02 bits per heavy atom. The molecule has 0 saturated heterocycles. The van der Waals surface area contributed by atoms with Crippen molar-refractivity contribution in [3.05, 3.63) is 78.4 Å². The molecule has 12 nitrogen and oxygen atoms in total. The van der Waals surface area contributed by atoms with E-state index in [0.717, 1.165) is 28.4 Å². The van der Waals surface area contributed by atoms with Crippen molar-refractivity contribution >= 4 is 23.3 Å². The van der Waals surface area contributed by atoms with Gasteiger partial charge in [0.25, 0.3) is 0 Å². The number of aliphatic imine (C=N–C) groups is 1. The van der Waals surface area contributed by atoms with Gasteiger partial charge in [-0.25, -0.2) is 0 Å². The Hall–Kier alpha value is -4.36. The average Bonchev–Trinajstić information content (AvgIpc) is 3.00. The van der Waals surface area contributed by atoms with E-state index in [1.807, 2.05) is 72.8 Å². The second-order valence-corrected chi connectivity index (χ2v) is 9.85. The molecular weight excluding hydrogens is 554 g/mol. The van der Waals surface area contributed by atoms with Crippen LogP contribution >= 0.6 is 0 Å². The first-order valence-electron chi connectivity index (χ1n) is 14.2. The topological polar surface area (TPSA) is 174 Å². The summed E-state index contributed by atoms with van der Waals surface area (Å²) in [5.41, 5.74) is 15.9. The van der Waals surface area contributed by atoms with Crippen molar-refractivity contribution in [2.24, 2.45) is 16.5 Å². The number of para-hydroxylation sites is 4. The molecule has 0 bridgehead atoms. The first-order chi connectivity index (χ1) is 20.9. The molecule has 1 heterocycles. The molecule has 3 atom stereocenters. The highest BCUT2D eigenvalue weighted by atomic mass is 16.7. The molecule has 0 aliphatic carbocycles. The molecule has 0 saturated carbocycles. The summed E-state index contributed by atoms with van der Waals surface area (Å²) in [6, 6.07) is 22.3. The lowest BCUT2D eigenvalue weighted by Gasteiger charge is -2.32. The highest BCUT2D eigenvalue weighted by molar-refractivity contribution is 5.77. The number of hydroxylamine groups is 1. The number of nitrogens with two attached hydrogens (primary N) is 2. The van der Waals surface area contributed by atoms with Gasteiger partial charge in [0.05, 0.1) is 17.9 Å². The lowest BCUT2D eigenvalue weighted by Crippen LogP contribution is -2.44. The van der Waals surface area contributed by atoms with Crippen molar-refractivity contribution in [1.82, 2.24) is 5.48 Å². The smallest absolute Gasteiger partial charge is 0.323 e. The summed E-state index contributed by atoms with van der Waals surface area (Å²) in [6.45, 7) is 3.49. The second kappa shape index (κ2) is 15.8. The fourth-order valence-corrected chi connectivity index (χ4v) is 4.65. The van der Waals surface area contributed by atoms with Crippen LogP contribution in [0, 0.1) is 0 Å². The Kier molecular flexibility index (Phi) is 11.6. The van der Waals surface area contributed by atoms with E-state index in [2.05, 4.69) is 15.4 Å². The highest BCUT2D eigenvalue weighted by Gasteiger charge is 2.25. The molecule has 0 amide bonds. The molecule has 1 aliphatic rings. The Morgan fingerprint density at radius 2 is 1.67 bits per heavy atom. The monoisotopic (exact) mass is 593 g/mol. The van der Waals surface area contributed by atoms with Crippen LogP contribution in [0.15, 0.2) is 77.8 Å². The Morgan fingerprint density at radius 3 is 2.28 bits per heavy atom. The van der Waals surface area contributed by atoms with Crippen molar-refractivity contribution < 1.29 is 34.1 Å². The number of hydrogen-bond donors (Lipinski definition) is 5. The molecule has 7 N–H and O–H groups in total. The maximum atomic E-state index is 11.6. The van der Waals surface area contributed by atoms with Crippen LogP contribution in [-0.4, -0.2) is 66.9 Å². The van der Waals surface area contributed by atoms with Gasteiger partial charge in [0.1, 0.15) is 24.5 Å². The van der Waals surface area contributed by atoms with Gasteiger partial charge in [-0.1, -0.05) is 36.4 Å². The summed E-state index contributed by atoms with van der Waals surface area (Å²) in [5, 5.41) is 20.1. The van der Waals surface area contributed by atoms with Crippen molar-refractivity contribution in [2.45, 2.75) is 44.6 Å². The second-order valence-electron chi connectivity index (χ2n) is 9.85. The molecule has 2 unspecified atom stereocenters. The van der Waals surface area contributed by atoms with E-state index in [0.29, 0.717) is 38.3 Å². The molecule has 1 aliphatic heterocycles. The molecule has 12 heteroatoms. The van der Waals surface area contributed by atoms with Gasteiger partial charge >= 0.3 is 5.97 Å². The number of fused-ring (bicyclic) bond motifs is 2. The highest BCUT2D eigenvalue weighted by Crippen LogP contribution is 2.45. The molecule has 3 aromatic rings. The summed E-state index contributed by atoms with van der Waals surface area (Å²) in [7, 11) is 0. The minimum atomic E-state index is -1.41. The number of ether oxygens (including phenoxy) is 3. The van der Waals surface area contributed by atoms with Crippen molar-refractivity contribution in [2.75, 3.05) is 31.2 Å². The third-order valence-corrected chi connectivity index (χ3v) is 6.75. The van der Waals surface area contributed by atoms with E-state index in [-0.39, 0.29) is 18.9 Å². The molecule has 0 radical (unpaired) electrons. The predicted molar refractivity (Wildman–Crippen MR) is 163 cm³/mol. The third-order valence-electron chi connectivity index (χ3n) is 6.75. The lowest BCUT2D eigenvalue weighted by molar-refractivity contribution is -0.216. The standard InChI is InChI=1S/C31H39N5O7/c1-2-40-28(30(39)43-35-23(29(37)38)8-7-17-34-31(32)33)20-21-13-15-22(16-14-21)41-19-18-36-24-9-3-5-11-26(24)42-27-12-6-4-10-25(27)36/h3-6,9-16,23,28,30,35,39H,2,7-8,17-20H2,1H3,(H,37,38)(H4,32,33,34)/t23?,28-,30?/m0/s1. The summed E-state index contributed by atoms with van der Waals surface area (Å²) in [6.07, 6.45) is -1.20. The third kappa shape index (κ3) is 9.06. The zero-order chi connectivity index (χ0) is 30.6. The fraction of sp³-hybridized carbons (Fsp3) is 0.355. The van der Waals surface area contributed by atoms with Crippen LogP contribution in [0.1, 0.15) is 25.3 Å². The summed E-state index contributed by atoms with van der Waals surface area (Å²) in [5.74, 6) is 1.13. The number of aliphatic carboxylic acids is 1. The first-order valence-corrected chi connectivity index (χ1v) is 14.2. The van der Waals surface area contributed by atoms with Gasteiger partial charge in [-0.15, -0.1) is 0 Å². The molecule has 0 spiro atoms. The molecule has 230 valence electrons. The summed E-state index contributed by atoms with van der Waals surface area (Å²) < 4.78 is 17.8. The molecule has 0 fully saturated rings. The van der Waals surface area contributed by atoms with Crippen molar-refractivity contribution in [3.8, 4) is 17.2 Å². The number of hydrogen-bond acceptors (Lipinski definition) is 9. The van der Waals surface area contributed by atoms with Crippen LogP contribution in [0.4, 0.5) is 11.4 Å². The van der Waals surface area contributed by atoms with Gasteiger partial charge in [0, 0.05) is 19.6 Å². The van der Waals surface area contributed by atoms with Crippen LogP contribution in [0.5, 0.6) is 17.2 Å². The minimum absolute atomic E-state index is 0.0593. The number of carbonyl (C=O) groups is 1. The number of aliphatic hydroxyl groups excluding tert-OH is 1. The fourth-order valence-electron chi connectivity index (χ4n) is 4.65. The lowest BCUT2D eigenvalue weighted by atomic mass is 10.1. The van der Waals surface area contributed by atoms with Crippen LogP contribution in [0.3, 0.4) is 0 Å². The van der Waals surface area contributed by atoms with Gasteiger partial charge in [-0.3, -0.25) is 14.6 Å². The number of guanidine groups is 1. The van der Waals surface area contributed by atoms with Crippen LogP contribution in [0.25, 0.3) is 0 Å². The number of carboxylic acid groups (broad SMARTS) is 1. The van der Waals surface area contributed by atoms with Crippen LogP contribution in [-0.2, 0) is 20.8 Å². The van der Waals surface area contributed by atoms with E-state index < -0.39 is 24.4 Å². The number of benzene rings is 3. The predicted octanol–water partition coefficient (Wildman–Crippen LogP) is 3.30. The SMILES string of the molecule is CCO[C@@H](Cc1ccc(OCCN2c3ccccc3Oc3ccccc32)cc1)C(O)ONC(CCCN=C(N)N)C(=O)O. The maximum Gasteiger partial charge on any atom is 0.323 e. The number of nitrogens with one attached hydrogen (secondary N) is 1. The van der Waals surface area contributed by atoms with Crippen LogP contribution in [0.2, 0.25) is 0 Å². The van der Waals surface area contributed by atoms with Crippen LogP contribution < -0.4 is 31.3 Å². The minimum Gasteiger partial charge on any atom is -0.492 e. The van der Waals surface area contributed by atoms with Gasteiger partial charge in [0.15, 0.2) is 17.5 Å². The molecule has 43 heavy (non-hydrogen) atoms. The van der Waals surface area contributed by atoms with E-state index in [1.54, 1.807) is 6.92 Å². The van der Waals surface area contributed by atoms with E-state index >= 15 is 0 Å². The molecule has 3 aromatic carbocycles. The van der Waals surface area contributed by atoms with Crippen molar-refractivity contribution in [1.29, 1.82) is 0 Å².